The van der Waals surface area contributed by atoms with Crippen LogP contribution in [0.3, 0.4) is 0 Å². The zero-order valence-electron chi connectivity index (χ0n) is 11.5. The number of anilines is 1. The molecule has 106 valence electrons. The molecule has 1 aliphatic carbocycles. The Bertz CT molecular complexity index is 594. The van der Waals surface area contributed by atoms with Gasteiger partial charge in [-0.15, -0.1) is 0 Å². The summed E-state index contributed by atoms with van der Waals surface area (Å²) >= 11 is 0. The third kappa shape index (κ3) is 1.94. The van der Waals surface area contributed by atoms with Gasteiger partial charge in [0.2, 0.25) is 5.91 Å². The molecular formula is C15H17NO4. The lowest BCUT2D eigenvalue weighted by atomic mass is 10.1. The second-order valence-electron chi connectivity index (χ2n) is 6.04. The summed E-state index contributed by atoms with van der Waals surface area (Å²) in [6.07, 6.45) is 0.886. The van der Waals surface area contributed by atoms with Crippen LogP contribution in [0.15, 0.2) is 18.2 Å². The molecule has 5 nitrogen and oxygen atoms in total. The number of hydrogen-bond donors (Lipinski definition) is 1. The van der Waals surface area contributed by atoms with Crippen molar-refractivity contribution < 1.29 is 19.4 Å². The third-order valence-corrected chi connectivity index (χ3v) is 4.15. The van der Waals surface area contributed by atoms with Gasteiger partial charge in [0.25, 0.3) is 0 Å². The number of carboxylic acids is 1. The normalized spacial score (nSPS) is 22.7. The molecule has 20 heavy (non-hydrogen) atoms. The van der Waals surface area contributed by atoms with E-state index in [9.17, 15) is 14.7 Å². The van der Waals surface area contributed by atoms with Gasteiger partial charge in [-0.1, -0.05) is 19.9 Å². The number of rotatable bonds is 2. The first-order chi connectivity index (χ1) is 9.42. The summed E-state index contributed by atoms with van der Waals surface area (Å²) in [5.74, 6) is -0.634. The fourth-order valence-corrected chi connectivity index (χ4v) is 2.72. The highest BCUT2D eigenvalue weighted by Gasteiger charge is 2.52. The minimum atomic E-state index is -1.04. The van der Waals surface area contributed by atoms with Crippen LogP contribution >= 0.6 is 0 Å². The Kier molecular flexibility index (Phi) is 2.74. The largest absolute Gasteiger partial charge is 0.489 e. The Hall–Kier alpha value is -2.04. The highest BCUT2D eigenvalue weighted by molar-refractivity contribution is 6.02. The lowest BCUT2D eigenvalue weighted by Crippen LogP contribution is -2.40. The molecule has 5 heteroatoms. The van der Waals surface area contributed by atoms with Crippen molar-refractivity contribution in [2.24, 2.45) is 11.3 Å². The molecule has 0 radical (unpaired) electrons. The van der Waals surface area contributed by atoms with E-state index in [2.05, 4.69) is 13.8 Å². The van der Waals surface area contributed by atoms with E-state index in [0.717, 1.165) is 6.42 Å². The van der Waals surface area contributed by atoms with E-state index in [1.54, 1.807) is 17.0 Å². The van der Waals surface area contributed by atoms with Crippen LogP contribution in [0.1, 0.15) is 30.6 Å². The molecule has 1 atom stereocenters. The first-order valence-corrected chi connectivity index (χ1v) is 6.72. The molecule has 0 saturated heterocycles. The molecule has 1 unspecified atom stereocenters. The Labute approximate surface area is 117 Å². The summed E-state index contributed by atoms with van der Waals surface area (Å²) in [5.41, 5.74) is 0.735. The molecule has 3 rings (SSSR count). The van der Waals surface area contributed by atoms with Gasteiger partial charge in [0.05, 0.1) is 12.2 Å². The molecule has 0 spiro atoms. The molecule has 1 amide bonds. The van der Waals surface area contributed by atoms with Crippen molar-refractivity contribution in [2.45, 2.75) is 20.3 Å². The number of fused-ring (bicyclic) bond motifs is 1. The smallest absolute Gasteiger partial charge is 0.339 e. The molecule has 1 aromatic carbocycles. The van der Waals surface area contributed by atoms with Crippen molar-refractivity contribution in [2.75, 3.05) is 18.1 Å². The standard InChI is InChI=1S/C15H17NO4/c1-15(2)8-10(15)13(17)16-6-7-20-12-9(14(18)19)4-3-5-11(12)16/h3-5,10H,6-8H2,1-2H3,(H,18,19). The van der Waals surface area contributed by atoms with Crippen molar-refractivity contribution in [1.29, 1.82) is 0 Å². The number of benzene rings is 1. The van der Waals surface area contributed by atoms with E-state index in [1.165, 1.54) is 6.07 Å². The average Bonchev–Trinajstić information content (AvgIpc) is 3.05. The highest BCUT2D eigenvalue weighted by Crippen LogP contribution is 2.53. The van der Waals surface area contributed by atoms with Crippen molar-refractivity contribution >= 4 is 17.6 Å². The van der Waals surface area contributed by atoms with Gasteiger partial charge in [-0.3, -0.25) is 4.79 Å². The molecule has 1 fully saturated rings. The minimum Gasteiger partial charge on any atom is -0.489 e. The summed E-state index contributed by atoms with van der Waals surface area (Å²) in [7, 11) is 0. The van der Waals surface area contributed by atoms with Gasteiger partial charge in [-0.05, 0) is 24.0 Å². The fourth-order valence-electron chi connectivity index (χ4n) is 2.72. The van der Waals surface area contributed by atoms with Gasteiger partial charge < -0.3 is 14.7 Å². The number of carbonyl (C=O) groups is 2. The van der Waals surface area contributed by atoms with Gasteiger partial charge in [-0.25, -0.2) is 4.79 Å². The number of aromatic carboxylic acids is 1. The molecule has 0 bridgehead atoms. The number of para-hydroxylation sites is 1. The van der Waals surface area contributed by atoms with Crippen molar-refractivity contribution in [3.63, 3.8) is 0 Å². The fraction of sp³-hybridized carbons (Fsp3) is 0.467. The molecule has 1 saturated carbocycles. The summed E-state index contributed by atoms with van der Waals surface area (Å²) in [6, 6.07) is 4.89. The van der Waals surface area contributed by atoms with Crippen LogP contribution < -0.4 is 9.64 Å². The topological polar surface area (TPSA) is 66.8 Å². The number of nitrogens with zero attached hydrogens (tertiary/aromatic N) is 1. The minimum absolute atomic E-state index is 0.0296. The van der Waals surface area contributed by atoms with Crippen LogP contribution in [0.5, 0.6) is 5.75 Å². The first-order valence-electron chi connectivity index (χ1n) is 6.72. The number of carboxylic acid groups (broad SMARTS) is 1. The van der Waals surface area contributed by atoms with E-state index >= 15 is 0 Å². The van der Waals surface area contributed by atoms with Crippen LogP contribution in [0.25, 0.3) is 0 Å². The molecule has 2 aliphatic rings. The maximum Gasteiger partial charge on any atom is 0.339 e. The van der Waals surface area contributed by atoms with Crippen LogP contribution in [0.2, 0.25) is 0 Å². The van der Waals surface area contributed by atoms with Gasteiger partial charge >= 0.3 is 5.97 Å². The Morgan fingerprint density at radius 2 is 2.10 bits per heavy atom. The van der Waals surface area contributed by atoms with E-state index in [1.807, 2.05) is 0 Å². The van der Waals surface area contributed by atoms with Crippen LogP contribution in [-0.4, -0.2) is 30.1 Å². The summed E-state index contributed by atoms with van der Waals surface area (Å²) in [6.45, 7) is 4.95. The summed E-state index contributed by atoms with van der Waals surface area (Å²) in [4.78, 5) is 25.4. The molecule has 1 heterocycles. The molecule has 0 aromatic heterocycles. The Morgan fingerprint density at radius 3 is 2.70 bits per heavy atom. The number of carbonyl (C=O) groups excluding carboxylic acids is 1. The SMILES string of the molecule is CC1(C)CC1C(=O)N1CCOc2c(C(=O)O)cccc21. The number of ether oxygens (including phenoxy) is 1. The van der Waals surface area contributed by atoms with Crippen molar-refractivity contribution in [3.05, 3.63) is 23.8 Å². The van der Waals surface area contributed by atoms with E-state index < -0.39 is 5.97 Å². The van der Waals surface area contributed by atoms with Gasteiger partial charge in [0.1, 0.15) is 12.2 Å². The number of hydrogen-bond acceptors (Lipinski definition) is 3. The monoisotopic (exact) mass is 275 g/mol. The highest BCUT2D eigenvalue weighted by atomic mass is 16.5. The number of amides is 1. The molecule has 1 aromatic rings. The van der Waals surface area contributed by atoms with Gasteiger partial charge in [0, 0.05) is 5.92 Å². The quantitative estimate of drug-likeness (QED) is 0.898. The van der Waals surface area contributed by atoms with Crippen LogP contribution in [-0.2, 0) is 4.79 Å². The second kappa shape index (κ2) is 4.23. The second-order valence-corrected chi connectivity index (χ2v) is 6.04. The zero-order chi connectivity index (χ0) is 14.5. The predicted molar refractivity (Wildman–Crippen MR) is 73.1 cm³/mol. The first kappa shape index (κ1) is 13.0. The third-order valence-electron chi connectivity index (χ3n) is 4.15. The van der Waals surface area contributed by atoms with Gasteiger partial charge in [0.15, 0.2) is 5.75 Å². The van der Waals surface area contributed by atoms with Crippen LogP contribution in [0.4, 0.5) is 5.69 Å². The van der Waals surface area contributed by atoms with Crippen LogP contribution in [0, 0.1) is 11.3 Å². The lowest BCUT2D eigenvalue weighted by Gasteiger charge is -2.30. The lowest BCUT2D eigenvalue weighted by molar-refractivity contribution is -0.120. The maximum atomic E-state index is 12.5. The molecule has 1 aliphatic heterocycles. The van der Waals surface area contributed by atoms with Crippen molar-refractivity contribution in [3.8, 4) is 5.75 Å². The predicted octanol–water partition coefficient (Wildman–Crippen LogP) is 2.16. The maximum absolute atomic E-state index is 12.5. The summed E-state index contributed by atoms with van der Waals surface area (Å²) in [5, 5.41) is 9.19. The Morgan fingerprint density at radius 1 is 1.40 bits per heavy atom. The van der Waals surface area contributed by atoms with Crippen molar-refractivity contribution in [1.82, 2.24) is 0 Å². The summed E-state index contributed by atoms with van der Waals surface area (Å²) < 4.78 is 5.47. The van der Waals surface area contributed by atoms with E-state index in [0.29, 0.717) is 24.6 Å². The molecule has 1 N–H and O–H groups in total. The Balaban J connectivity index is 1.97. The average molecular weight is 275 g/mol. The molecular weight excluding hydrogens is 258 g/mol. The van der Waals surface area contributed by atoms with E-state index in [-0.39, 0.29) is 22.8 Å². The van der Waals surface area contributed by atoms with E-state index in [4.69, 9.17) is 4.74 Å². The zero-order valence-corrected chi connectivity index (χ0v) is 11.5. The van der Waals surface area contributed by atoms with Gasteiger partial charge in [-0.2, -0.15) is 0 Å².